The molecule has 0 saturated heterocycles. The molecule has 2 aromatic heterocycles. The van der Waals surface area contributed by atoms with Gasteiger partial charge in [0.25, 0.3) is 0 Å². The van der Waals surface area contributed by atoms with Crippen molar-refractivity contribution < 1.29 is 4.74 Å². The van der Waals surface area contributed by atoms with Crippen LogP contribution in [0.25, 0.3) is 10.2 Å². The second kappa shape index (κ2) is 12.8. The van der Waals surface area contributed by atoms with E-state index in [9.17, 15) is 0 Å². The maximum Gasteiger partial charge on any atom is 0.190 e. The molecule has 0 aromatic carbocycles. The van der Waals surface area contributed by atoms with Crippen molar-refractivity contribution in [2.24, 2.45) is 0 Å². The zero-order valence-electron chi connectivity index (χ0n) is 19.9. The van der Waals surface area contributed by atoms with Crippen LogP contribution >= 0.6 is 34.9 Å². The van der Waals surface area contributed by atoms with Gasteiger partial charge in [-0.05, 0) is 38.0 Å². The minimum atomic E-state index is -0.102. The van der Waals surface area contributed by atoms with Gasteiger partial charge in [-0.2, -0.15) is 0 Å². The predicted octanol–water partition coefficient (Wildman–Crippen LogP) is 8.67. The van der Waals surface area contributed by atoms with Gasteiger partial charge in [0.2, 0.25) is 0 Å². The van der Waals surface area contributed by atoms with Gasteiger partial charge in [-0.25, -0.2) is 9.97 Å². The molecule has 0 atom stereocenters. The number of hydrogen-bond donors (Lipinski definition) is 0. The highest BCUT2D eigenvalue weighted by Gasteiger charge is 2.31. The van der Waals surface area contributed by atoms with Gasteiger partial charge in [-0.3, -0.25) is 0 Å². The van der Waals surface area contributed by atoms with Crippen molar-refractivity contribution in [2.75, 3.05) is 11.5 Å². The third-order valence-electron chi connectivity index (χ3n) is 5.84. The Morgan fingerprint density at radius 2 is 1.52 bits per heavy atom. The first kappa shape index (κ1) is 25.3. The molecule has 31 heavy (non-hydrogen) atoms. The van der Waals surface area contributed by atoms with Gasteiger partial charge in [0.1, 0.15) is 9.86 Å². The Morgan fingerprint density at radius 1 is 0.871 bits per heavy atom. The highest BCUT2D eigenvalue weighted by molar-refractivity contribution is 8.00. The summed E-state index contributed by atoms with van der Waals surface area (Å²) in [6.07, 6.45) is 14.2. The fraction of sp³-hybridized carbons (Fsp3) is 0.760. The fourth-order valence-electron chi connectivity index (χ4n) is 4.01. The van der Waals surface area contributed by atoms with Crippen molar-refractivity contribution in [3.63, 3.8) is 0 Å². The van der Waals surface area contributed by atoms with Crippen LogP contribution in [0.15, 0.2) is 10.2 Å². The molecule has 0 saturated carbocycles. The maximum atomic E-state index is 6.09. The van der Waals surface area contributed by atoms with E-state index in [1.165, 1.54) is 89.9 Å². The molecule has 0 bridgehead atoms. The van der Waals surface area contributed by atoms with Gasteiger partial charge in [0.05, 0.1) is 12.2 Å². The Kier molecular flexibility index (Phi) is 10.5. The summed E-state index contributed by atoms with van der Waals surface area (Å²) >= 11 is 5.62. The number of thioether (sulfide) groups is 2. The summed E-state index contributed by atoms with van der Waals surface area (Å²) in [6, 6.07) is 0. The molecule has 1 aliphatic rings. The van der Waals surface area contributed by atoms with E-state index in [0.717, 1.165) is 23.1 Å². The van der Waals surface area contributed by atoms with Gasteiger partial charge in [0, 0.05) is 22.4 Å². The molecule has 6 heteroatoms. The van der Waals surface area contributed by atoms with Crippen molar-refractivity contribution in [2.45, 2.75) is 121 Å². The normalized spacial score (nSPS) is 15.5. The molecule has 3 heterocycles. The summed E-state index contributed by atoms with van der Waals surface area (Å²) in [5.41, 5.74) is 1.34. The molecule has 0 N–H and O–H groups in total. The third-order valence-corrected chi connectivity index (χ3v) is 8.94. The van der Waals surface area contributed by atoms with Crippen molar-refractivity contribution in [1.29, 1.82) is 0 Å². The first-order valence-corrected chi connectivity index (χ1v) is 15.0. The number of rotatable bonds is 14. The zero-order valence-corrected chi connectivity index (χ0v) is 22.4. The second-order valence-corrected chi connectivity index (χ2v) is 12.5. The van der Waals surface area contributed by atoms with Gasteiger partial charge in [0.15, 0.2) is 5.16 Å². The first-order valence-electron chi connectivity index (χ1n) is 12.3. The molecule has 1 aliphatic heterocycles. The number of unbranched alkanes of at least 4 members (excludes halogenated alkanes) is 8. The van der Waals surface area contributed by atoms with Crippen LogP contribution in [-0.4, -0.2) is 27.1 Å². The Balaban J connectivity index is 1.73. The van der Waals surface area contributed by atoms with Crippen LogP contribution in [0.5, 0.6) is 0 Å². The quantitative estimate of drug-likeness (QED) is 0.117. The number of aromatic nitrogens is 2. The predicted molar refractivity (Wildman–Crippen MR) is 139 cm³/mol. The number of thiophene rings is 1. The highest BCUT2D eigenvalue weighted by atomic mass is 32.2. The zero-order chi connectivity index (χ0) is 22.1. The molecule has 2 aromatic rings. The number of nitrogens with zero attached hydrogens (tertiary/aromatic N) is 2. The largest absolute Gasteiger partial charge is 0.370 e. The van der Waals surface area contributed by atoms with E-state index < -0.39 is 0 Å². The standard InChI is InChI=1S/C25H40N2OS3/c1-5-7-9-11-13-15-29-22-21-19-17-25(3,4)28-18-20(19)31-23(21)27-24(26-22)30-16-14-12-10-8-6-2/h5-18H2,1-4H3. The smallest absolute Gasteiger partial charge is 0.190 e. The van der Waals surface area contributed by atoms with E-state index in [1.54, 1.807) is 0 Å². The minimum Gasteiger partial charge on any atom is -0.370 e. The summed E-state index contributed by atoms with van der Waals surface area (Å²) in [7, 11) is 0. The molecule has 0 spiro atoms. The molecule has 0 fully saturated rings. The summed E-state index contributed by atoms with van der Waals surface area (Å²) in [4.78, 5) is 12.6. The van der Waals surface area contributed by atoms with Gasteiger partial charge in [-0.1, -0.05) is 77.0 Å². The summed E-state index contributed by atoms with van der Waals surface area (Å²) in [5, 5.41) is 3.50. The number of fused-ring (bicyclic) bond motifs is 3. The van der Waals surface area contributed by atoms with Gasteiger partial charge >= 0.3 is 0 Å². The summed E-state index contributed by atoms with van der Waals surface area (Å²) in [5.74, 6) is 2.28. The van der Waals surface area contributed by atoms with Gasteiger partial charge in [-0.15, -0.1) is 23.1 Å². The van der Waals surface area contributed by atoms with Crippen molar-refractivity contribution in [1.82, 2.24) is 9.97 Å². The average Bonchev–Trinajstić information content (AvgIpc) is 3.09. The number of ether oxygens (including phenoxy) is 1. The average molecular weight is 481 g/mol. The van der Waals surface area contributed by atoms with Gasteiger partial charge < -0.3 is 4.74 Å². The molecule has 0 radical (unpaired) electrons. The van der Waals surface area contributed by atoms with Crippen LogP contribution in [0.4, 0.5) is 0 Å². The fourth-order valence-corrected chi connectivity index (χ4v) is 7.19. The minimum absolute atomic E-state index is 0.102. The Labute approximate surface area is 201 Å². The molecule has 3 nitrogen and oxygen atoms in total. The lowest BCUT2D eigenvalue weighted by Gasteiger charge is -2.30. The second-order valence-electron chi connectivity index (χ2n) is 9.25. The van der Waals surface area contributed by atoms with E-state index in [1.807, 2.05) is 34.9 Å². The van der Waals surface area contributed by atoms with E-state index in [-0.39, 0.29) is 5.60 Å². The molecular weight excluding hydrogens is 440 g/mol. The Hall–Kier alpha value is -0.300. The molecule has 0 amide bonds. The monoisotopic (exact) mass is 480 g/mol. The lowest BCUT2D eigenvalue weighted by atomic mass is 9.95. The van der Waals surface area contributed by atoms with Crippen molar-refractivity contribution in [3.05, 3.63) is 10.4 Å². The molecule has 3 rings (SSSR count). The first-order chi connectivity index (χ1) is 15.0. The SMILES string of the molecule is CCCCCCCSc1nc(SCCCCCCC)c2c3c(sc2n1)COC(C)(C)C3. The van der Waals surface area contributed by atoms with Crippen molar-refractivity contribution >= 4 is 45.1 Å². The lowest BCUT2D eigenvalue weighted by molar-refractivity contribution is -0.0379. The number of hydrogen-bond acceptors (Lipinski definition) is 6. The molecule has 0 unspecified atom stereocenters. The Bertz CT molecular complexity index is 819. The van der Waals surface area contributed by atoms with Crippen LogP contribution in [-0.2, 0) is 17.8 Å². The van der Waals surface area contributed by atoms with Crippen molar-refractivity contribution in [3.8, 4) is 0 Å². The van der Waals surface area contributed by atoms with E-state index in [2.05, 4.69) is 27.7 Å². The van der Waals surface area contributed by atoms with Crippen LogP contribution < -0.4 is 0 Å². The van der Waals surface area contributed by atoms with E-state index >= 15 is 0 Å². The van der Waals surface area contributed by atoms with Crippen LogP contribution in [0.1, 0.15) is 102 Å². The summed E-state index contributed by atoms with van der Waals surface area (Å²) in [6.45, 7) is 9.66. The molecule has 0 aliphatic carbocycles. The topological polar surface area (TPSA) is 35.0 Å². The van der Waals surface area contributed by atoms with Crippen LogP contribution in [0, 0.1) is 0 Å². The molecule has 174 valence electrons. The lowest BCUT2D eigenvalue weighted by Crippen LogP contribution is -2.31. The third kappa shape index (κ3) is 7.62. The highest BCUT2D eigenvalue weighted by Crippen LogP contribution is 2.42. The maximum absolute atomic E-state index is 6.09. The Morgan fingerprint density at radius 3 is 2.19 bits per heavy atom. The molecular formula is C25H40N2OS3. The van der Waals surface area contributed by atoms with Crippen LogP contribution in [0.2, 0.25) is 0 Å². The summed E-state index contributed by atoms with van der Waals surface area (Å²) < 4.78 is 6.09. The van der Waals surface area contributed by atoms with E-state index in [4.69, 9.17) is 14.7 Å². The van der Waals surface area contributed by atoms with E-state index in [0.29, 0.717) is 6.61 Å². The van der Waals surface area contributed by atoms with Crippen LogP contribution in [0.3, 0.4) is 0 Å².